The van der Waals surface area contributed by atoms with Crippen molar-refractivity contribution in [2.24, 2.45) is 0 Å². The number of carbonyl (C=O) groups excluding carboxylic acids is 1. The minimum absolute atomic E-state index is 0.131. The maximum absolute atomic E-state index is 11.4. The Hall–Kier alpha value is -1.13. The molecule has 0 saturated carbocycles. The zero-order chi connectivity index (χ0) is 13.5. The summed E-state index contributed by atoms with van der Waals surface area (Å²) in [7, 11) is 0. The molecule has 0 heterocycles. The molecule has 98 valence electrons. The minimum Gasteiger partial charge on any atom is -0.463 e. The van der Waals surface area contributed by atoms with Crippen molar-refractivity contribution >= 4 is 21.9 Å². The van der Waals surface area contributed by atoms with E-state index in [1.807, 2.05) is 31.2 Å². The van der Waals surface area contributed by atoms with Gasteiger partial charge >= 0.3 is 5.97 Å². The molecular formula is C14H18BrNO2. The Labute approximate surface area is 116 Å². The highest BCUT2D eigenvalue weighted by molar-refractivity contribution is 9.10. The summed E-state index contributed by atoms with van der Waals surface area (Å²) < 4.78 is 5.93. The highest BCUT2D eigenvalue weighted by Gasteiger charge is 2.11. The minimum atomic E-state index is -0.343. The number of nitrogens with one attached hydrogen (secondary N) is 1. The predicted molar refractivity (Wildman–Crippen MR) is 76.3 cm³/mol. The molecule has 0 radical (unpaired) electrons. The summed E-state index contributed by atoms with van der Waals surface area (Å²) in [6.45, 7) is 8.32. The van der Waals surface area contributed by atoms with Crippen molar-refractivity contribution in [3.05, 3.63) is 46.5 Å². The molecule has 0 spiro atoms. The van der Waals surface area contributed by atoms with Gasteiger partial charge in [0, 0.05) is 22.6 Å². The summed E-state index contributed by atoms with van der Waals surface area (Å²) in [6, 6.07) is 8.12. The van der Waals surface area contributed by atoms with Gasteiger partial charge in [-0.05, 0) is 25.5 Å². The van der Waals surface area contributed by atoms with E-state index in [-0.39, 0.29) is 12.0 Å². The first-order valence-electron chi connectivity index (χ1n) is 5.89. The molecule has 1 N–H and O–H groups in total. The highest BCUT2D eigenvalue weighted by Crippen LogP contribution is 2.22. The Morgan fingerprint density at radius 2 is 2.17 bits per heavy atom. The van der Waals surface area contributed by atoms with E-state index in [0.29, 0.717) is 18.7 Å². The lowest BCUT2D eigenvalue weighted by atomic mass is 10.1. The van der Waals surface area contributed by atoms with Gasteiger partial charge in [0.15, 0.2) is 0 Å². The van der Waals surface area contributed by atoms with Crippen LogP contribution in [-0.4, -0.2) is 19.1 Å². The smallest absolute Gasteiger partial charge is 0.334 e. The van der Waals surface area contributed by atoms with Gasteiger partial charge in [0.25, 0.3) is 0 Å². The van der Waals surface area contributed by atoms with Crippen LogP contribution in [0.15, 0.2) is 40.9 Å². The number of hydrogen-bond donors (Lipinski definition) is 1. The zero-order valence-corrected chi connectivity index (χ0v) is 12.3. The quantitative estimate of drug-likeness (QED) is 0.647. The summed E-state index contributed by atoms with van der Waals surface area (Å²) in [4.78, 5) is 11.4. The number of benzene rings is 1. The molecule has 0 aliphatic rings. The van der Waals surface area contributed by atoms with Crippen LogP contribution in [0.25, 0.3) is 0 Å². The van der Waals surface area contributed by atoms with Crippen LogP contribution in [0.2, 0.25) is 0 Å². The largest absolute Gasteiger partial charge is 0.463 e. The molecule has 4 heteroatoms. The number of carbonyl (C=O) groups is 1. The van der Waals surface area contributed by atoms with Gasteiger partial charge in [0.05, 0.1) is 6.61 Å². The number of esters is 1. The molecule has 1 aromatic rings. The molecule has 1 rings (SSSR count). The number of halogens is 1. The normalized spacial score (nSPS) is 11.9. The summed E-state index contributed by atoms with van der Waals surface area (Å²) >= 11 is 3.50. The lowest BCUT2D eigenvalue weighted by Gasteiger charge is -2.16. The third-order valence-corrected chi connectivity index (χ3v) is 3.28. The Kier molecular flexibility index (Phi) is 6.09. The first-order valence-corrected chi connectivity index (χ1v) is 6.68. The molecule has 0 bridgehead atoms. The summed E-state index contributed by atoms with van der Waals surface area (Å²) in [5, 5.41) is 3.25. The second-order valence-corrected chi connectivity index (χ2v) is 4.80. The Balaban J connectivity index is 2.52. The summed E-state index contributed by atoms with van der Waals surface area (Å²) in [5.74, 6) is -0.343. The van der Waals surface area contributed by atoms with Gasteiger partial charge in [-0.25, -0.2) is 4.79 Å². The van der Waals surface area contributed by atoms with Gasteiger partial charge < -0.3 is 10.1 Å². The molecule has 3 nitrogen and oxygen atoms in total. The molecule has 0 amide bonds. The van der Waals surface area contributed by atoms with Crippen LogP contribution in [0.5, 0.6) is 0 Å². The average molecular weight is 312 g/mol. The van der Waals surface area contributed by atoms with Crippen LogP contribution in [-0.2, 0) is 9.53 Å². The van der Waals surface area contributed by atoms with Crippen LogP contribution < -0.4 is 5.32 Å². The van der Waals surface area contributed by atoms with Gasteiger partial charge in [-0.15, -0.1) is 0 Å². The van der Waals surface area contributed by atoms with Crippen LogP contribution in [0, 0.1) is 0 Å². The lowest BCUT2D eigenvalue weighted by molar-refractivity contribution is -0.138. The van der Waals surface area contributed by atoms with Gasteiger partial charge in [0.1, 0.15) is 0 Å². The van der Waals surface area contributed by atoms with Crippen molar-refractivity contribution in [3.8, 4) is 0 Å². The van der Waals surface area contributed by atoms with E-state index in [1.165, 1.54) is 0 Å². The molecule has 0 saturated heterocycles. The van der Waals surface area contributed by atoms with Gasteiger partial charge in [0.2, 0.25) is 0 Å². The Bertz CT molecular complexity index is 432. The van der Waals surface area contributed by atoms with Crippen molar-refractivity contribution in [3.63, 3.8) is 0 Å². The monoisotopic (exact) mass is 311 g/mol. The lowest BCUT2D eigenvalue weighted by Crippen LogP contribution is -2.24. The average Bonchev–Trinajstić information content (AvgIpc) is 2.36. The maximum atomic E-state index is 11.4. The SMILES string of the molecule is C=C(CN[C@@H](C)c1ccccc1Br)C(=O)OCC. The van der Waals surface area contributed by atoms with Crippen LogP contribution in [0.4, 0.5) is 0 Å². The van der Waals surface area contributed by atoms with E-state index in [0.717, 1.165) is 10.0 Å². The second-order valence-electron chi connectivity index (χ2n) is 3.95. The molecule has 0 aliphatic carbocycles. The fourth-order valence-electron chi connectivity index (χ4n) is 1.52. The van der Waals surface area contributed by atoms with E-state index in [1.54, 1.807) is 6.92 Å². The third kappa shape index (κ3) is 4.27. The molecule has 0 fully saturated rings. The van der Waals surface area contributed by atoms with E-state index in [9.17, 15) is 4.79 Å². The standard InChI is InChI=1S/C14H18BrNO2/c1-4-18-14(17)10(2)9-16-11(3)12-7-5-6-8-13(12)15/h5-8,11,16H,2,4,9H2,1,3H3/t11-/m0/s1. The van der Waals surface area contributed by atoms with Crippen molar-refractivity contribution in [2.45, 2.75) is 19.9 Å². The van der Waals surface area contributed by atoms with E-state index >= 15 is 0 Å². The summed E-state index contributed by atoms with van der Waals surface area (Å²) in [6.07, 6.45) is 0. The van der Waals surface area contributed by atoms with Gasteiger partial charge in [-0.1, -0.05) is 40.7 Å². The molecule has 18 heavy (non-hydrogen) atoms. The number of rotatable bonds is 6. The van der Waals surface area contributed by atoms with Crippen molar-refractivity contribution in [2.75, 3.05) is 13.2 Å². The molecule has 0 aliphatic heterocycles. The predicted octanol–water partition coefficient (Wildman–Crippen LogP) is 3.22. The first kappa shape index (κ1) is 14.9. The van der Waals surface area contributed by atoms with E-state index in [4.69, 9.17) is 4.74 Å². The number of ether oxygens (including phenoxy) is 1. The molecule has 1 aromatic carbocycles. The molecular weight excluding hydrogens is 294 g/mol. The summed E-state index contributed by atoms with van der Waals surface area (Å²) in [5.41, 5.74) is 1.59. The van der Waals surface area contributed by atoms with E-state index in [2.05, 4.69) is 27.8 Å². The third-order valence-electron chi connectivity index (χ3n) is 2.56. The fraction of sp³-hybridized carbons (Fsp3) is 0.357. The number of hydrogen-bond acceptors (Lipinski definition) is 3. The van der Waals surface area contributed by atoms with Gasteiger partial charge in [-0.3, -0.25) is 0 Å². The van der Waals surface area contributed by atoms with E-state index < -0.39 is 0 Å². The molecule has 0 aromatic heterocycles. The highest BCUT2D eigenvalue weighted by atomic mass is 79.9. The Morgan fingerprint density at radius 3 is 2.78 bits per heavy atom. The zero-order valence-electron chi connectivity index (χ0n) is 10.7. The van der Waals surface area contributed by atoms with Crippen molar-refractivity contribution in [1.29, 1.82) is 0 Å². The van der Waals surface area contributed by atoms with Crippen LogP contribution in [0.3, 0.4) is 0 Å². The van der Waals surface area contributed by atoms with Crippen LogP contribution >= 0.6 is 15.9 Å². The maximum Gasteiger partial charge on any atom is 0.334 e. The first-order chi connectivity index (χ1) is 8.56. The topological polar surface area (TPSA) is 38.3 Å². The molecule has 1 atom stereocenters. The van der Waals surface area contributed by atoms with Gasteiger partial charge in [-0.2, -0.15) is 0 Å². The van der Waals surface area contributed by atoms with Crippen LogP contribution in [0.1, 0.15) is 25.5 Å². The Morgan fingerprint density at radius 1 is 1.50 bits per heavy atom. The fourth-order valence-corrected chi connectivity index (χ4v) is 2.15. The molecule has 0 unspecified atom stereocenters. The van der Waals surface area contributed by atoms with Crippen molar-refractivity contribution in [1.82, 2.24) is 5.32 Å². The second kappa shape index (κ2) is 7.34. The van der Waals surface area contributed by atoms with Crippen molar-refractivity contribution < 1.29 is 9.53 Å².